The Labute approximate surface area is 65.1 Å². The molecule has 0 spiro atoms. The maximum Gasteiger partial charge on any atom is 0.323 e. The summed E-state index contributed by atoms with van der Waals surface area (Å²) in [5, 5.41) is -0.127. The van der Waals surface area contributed by atoms with Gasteiger partial charge < -0.3 is 10.3 Å². The third kappa shape index (κ3) is 1.47. The first-order valence-electron chi connectivity index (χ1n) is 2.69. The Balaban J connectivity index is 3.16. The minimum atomic E-state index is -2.42. The van der Waals surface area contributed by atoms with Crippen molar-refractivity contribution >= 4 is 17.1 Å². The highest BCUT2D eigenvalue weighted by Crippen LogP contribution is 2.04. The number of hydrogen-bond donors (Lipinski definition) is 1. The molecule has 1 rings (SSSR count). The van der Waals surface area contributed by atoms with Crippen molar-refractivity contribution in [1.29, 1.82) is 0 Å². The van der Waals surface area contributed by atoms with Crippen molar-refractivity contribution in [3.8, 4) is 0 Å². The summed E-state index contributed by atoms with van der Waals surface area (Å²) in [6.07, 6.45) is 1.29. The van der Waals surface area contributed by atoms with Crippen LogP contribution in [0.1, 0.15) is 0 Å². The van der Waals surface area contributed by atoms with Gasteiger partial charge in [-0.2, -0.15) is 0 Å². The van der Waals surface area contributed by atoms with E-state index in [1.165, 1.54) is 18.3 Å². The molecule has 1 aromatic heterocycles. The summed E-state index contributed by atoms with van der Waals surface area (Å²) in [5.74, 6) is 0. The lowest BCUT2D eigenvalue weighted by Crippen LogP contribution is -2.20. The number of carbonyl (C=O) groups is 1. The van der Waals surface area contributed by atoms with Gasteiger partial charge in [-0.1, -0.05) is 0 Å². The second kappa shape index (κ2) is 2.85. The molecule has 1 atom stereocenters. The Kier molecular flexibility index (Phi) is 2.06. The summed E-state index contributed by atoms with van der Waals surface area (Å²) in [5.41, 5.74) is 4.85. The first-order valence-corrected chi connectivity index (χ1v) is 3.77. The van der Waals surface area contributed by atoms with Crippen LogP contribution < -0.4 is 5.73 Å². The van der Waals surface area contributed by atoms with Gasteiger partial charge in [0.25, 0.3) is 0 Å². The monoisotopic (exact) mass is 173 g/mol. The molecule has 2 N–H and O–H groups in total. The Morgan fingerprint density at radius 2 is 2.36 bits per heavy atom. The zero-order valence-corrected chi connectivity index (χ0v) is 6.21. The van der Waals surface area contributed by atoms with E-state index in [4.69, 9.17) is 5.73 Å². The molecule has 0 aliphatic heterocycles. The molecule has 0 aliphatic carbocycles. The van der Waals surface area contributed by atoms with Crippen LogP contribution in [0.3, 0.4) is 0 Å². The van der Waals surface area contributed by atoms with Crippen molar-refractivity contribution in [2.24, 2.45) is 5.73 Å². The Morgan fingerprint density at radius 1 is 1.73 bits per heavy atom. The smallest absolute Gasteiger partial charge is 0.323 e. The molecule has 0 aliphatic rings. The quantitative estimate of drug-likeness (QED) is 0.589. The van der Waals surface area contributed by atoms with Crippen LogP contribution >= 0.6 is 0 Å². The van der Waals surface area contributed by atoms with Crippen LogP contribution in [-0.2, 0) is 11.1 Å². The average molecular weight is 173 g/mol. The van der Waals surface area contributed by atoms with E-state index in [0.29, 0.717) is 0 Å². The summed E-state index contributed by atoms with van der Waals surface area (Å²) in [7, 11) is 0. The fourth-order valence-electron chi connectivity index (χ4n) is 0.683. The highest BCUT2D eigenvalue weighted by Gasteiger charge is 2.03. The van der Waals surface area contributed by atoms with Crippen molar-refractivity contribution in [3.63, 3.8) is 0 Å². The fourth-order valence-corrected chi connectivity index (χ4v) is 1.18. The highest BCUT2D eigenvalue weighted by atomic mass is 32.2. The molecule has 60 valence electrons. The van der Waals surface area contributed by atoms with E-state index >= 15 is 0 Å². The van der Waals surface area contributed by atoms with Crippen molar-refractivity contribution in [3.05, 3.63) is 18.3 Å². The number of hydrogen-bond acceptors (Lipinski definition) is 3. The molecular formula is C5H5N2O3S-. The van der Waals surface area contributed by atoms with Gasteiger partial charge in [0, 0.05) is 6.20 Å². The molecule has 0 radical (unpaired) electrons. The number of nitrogens with two attached hydrogens (primary N) is 1. The summed E-state index contributed by atoms with van der Waals surface area (Å²) >= 11 is -2.42. The molecule has 1 unspecified atom stereocenters. The lowest BCUT2D eigenvalue weighted by molar-refractivity contribution is 0.248. The van der Waals surface area contributed by atoms with Gasteiger partial charge in [-0.15, -0.1) is 0 Å². The van der Waals surface area contributed by atoms with Crippen molar-refractivity contribution in [2.45, 2.75) is 5.03 Å². The predicted octanol–water partition coefficient (Wildman–Crippen LogP) is -0.347. The third-order valence-corrected chi connectivity index (χ3v) is 1.79. The molecule has 0 saturated carbocycles. The number of nitrogens with zero attached hydrogens (tertiary/aromatic N) is 1. The molecule has 1 aromatic rings. The summed E-state index contributed by atoms with van der Waals surface area (Å²) in [6.45, 7) is 0. The van der Waals surface area contributed by atoms with E-state index < -0.39 is 17.1 Å². The molecule has 0 saturated heterocycles. The standard InChI is InChI=1S/C5H6N2O3S/c6-5(8)7-3-1-2-4(7)11(9)10/h1-3H,(H2,6,8)(H,9,10)/p-1. The molecule has 6 heteroatoms. The van der Waals surface area contributed by atoms with Gasteiger partial charge in [0.15, 0.2) is 0 Å². The Bertz CT molecular complexity index is 278. The lowest BCUT2D eigenvalue weighted by Gasteiger charge is -2.05. The van der Waals surface area contributed by atoms with Crippen LogP contribution in [0.2, 0.25) is 0 Å². The number of primary amides is 1. The molecule has 0 fully saturated rings. The van der Waals surface area contributed by atoms with E-state index in [-0.39, 0.29) is 5.03 Å². The van der Waals surface area contributed by atoms with Crippen LogP contribution in [0.5, 0.6) is 0 Å². The zero-order chi connectivity index (χ0) is 8.43. The normalized spacial score (nSPS) is 12.8. The van der Waals surface area contributed by atoms with Crippen molar-refractivity contribution in [2.75, 3.05) is 0 Å². The SMILES string of the molecule is NC(=O)n1cccc1S(=O)[O-]. The number of rotatable bonds is 1. The van der Waals surface area contributed by atoms with Gasteiger partial charge in [0.2, 0.25) is 0 Å². The lowest BCUT2D eigenvalue weighted by atomic mass is 10.7. The predicted molar refractivity (Wildman–Crippen MR) is 36.6 cm³/mol. The molecule has 5 nitrogen and oxygen atoms in total. The second-order valence-corrected chi connectivity index (χ2v) is 2.68. The van der Waals surface area contributed by atoms with Gasteiger partial charge in [-0.3, -0.25) is 8.78 Å². The number of amides is 1. The maximum absolute atomic E-state index is 10.5. The van der Waals surface area contributed by atoms with Crippen LogP contribution in [0.25, 0.3) is 0 Å². The zero-order valence-electron chi connectivity index (χ0n) is 5.39. The van der Waals surface area contributed by atoms with Gasteiger partial charge in [-0.05, 0) is 23.2 Å². The van der Waals surface area contributed by atoms with E-state index in [9.17, 15) is 13.6 Å². The molecule has 0 aromatic carbocycles. The number of aromatic nitrogens is 1. The molecule has 0 bridgehead atoms. The summed E-state index contributed by atoms with van der Waals surface area (Å²) in [6, 6.07) is 1.90. The summed E-state index contributed by atoms with van der Waals surface area (Å²) in [4.78, 5) is 10.5. The van der Waals surface area contributed by atoms with Crippen LogP contribution in [0.4, 0.5) is 4.79 Å². The van der Waals surface area contributed by atoms with Crippen molar-refractivity contribution in [1.82, 2.24) is 4.57 Å². The largest absolute Gasteiger partial charge is 0.767 e. The molecule has 1 amide bonds. The van der Waals surface area contributed by atoms with Crippen LogP contribution in [0.15, 0.2) is 23.4 Å². The summed E-state index contributed by atoms with van der Waals surface area (Å²) < 4.78 is 21.6. The minimum absolute atomic E-state index is 0.127. The second-order valence-electron chi connectivity index (χ2n) is 1.79. The van der Waals surface area contributed by atoms with Crippen LogP contribution in [-0.4, -0.2) is 19.4 Å². The topological polar surface area (TPSA) is 88.2 Å². The van der Waals surface area contributed by atoms with E-state index in [1.807, 2.05) is 0 Å². The number of carbonyl (C=O) groups excluding carboxylic acids is 1. The Hall–Kier alpha value is -1.14. The third-order valence-electron chi connectivity index (χ3n) is 1.12. The minimum Gasteiger partial charge on any atom is -0.767 e. The van der Waals surface area contributed by atoms with Crippen LogP contribution in [0, 0.1) is 0 Å². The van der Waals surface area contributed by atoms with E-state index in [2.05, 4.69) is 0 Å². The van der Waals surface area contributed by atoms with Gasteiger partial charge in [-0.25, -0.2) is 4.79 Å². The molecule has 11 heavy (non-hydrogen) atoms. The maximum atomic E-state index is 10.5. The first-order chi connectivity index (χ1) is 5.13. The fraction of sp³-hybridized carbons (Fsp3) is 0. The first kappa shape index (κ1) is 7.96. The van der Waals surface area contributed by atoms with Gasteiger partial charge >= 0.3 is 6.03 Å². The van der Waals surface area contributed by atoms with Gasteiger partial charge in [0.05, 0.1) is 0 Å². The molecular weight excluding hydrogens is 168 g/mol. The molecule has 1 heterocycles. The van der Waals surface area contributed by atoms with E-state index in [0.717, 1.165) is 4.57 Å². The van der Waals surface area contributed by atoms with E-state index in [1.54, 1.807) is 0 Å². The highest BCUT2D eigenvalue weighted by molar-refractivity contribution is 7.79. The Morgan fingerprint density at radius 3 is 2.73 bits per heavy atom. The van der Waals surface area contributed by atoms with Gasteiger partial charge in [0.1, 0.15) is 5.03 Å². The van der Waals surface area contributed by atoms with Crippen molar-refractivity contribution < 1.29 is 13.6 Å². The average Bonchev–Trinajstić information content (AvgIpc) is 2.32.